The number of hydrogen-bond donors (Lipinski definition) is 2. The summed E-state index contributed by atoms with van der Waals surface area (Å²) in [5.74, 6) is 0.143. The van der Waals surface area contributed by atoms with Crippen molar-refractivity contribution in [1.29, 1.82) is 0 Å². The van der Waals surface area contributed by atoms with Gasteiger partial charge in [-0.3, -0.25) is 4.79 Å². The van der Waals surface area contributed by atoms with Crippen molar-refractivity contribution >= 4 is 27.5 Å². The second-order valence-electron chi connectivity index (χ2n) is 5.74. The summed E-state index contributed by atoms with van der Waals surface area (Å²) in [4.78, 5) is 16.5. The Balaban J connectivity index is 1.70. The number of nitrogens with two attached hydrogens (primary N) is 1. The molecule has 3 aromatic rings. The smallest absolute Gasteiger partial charge is 0.291 e. The highest BCUT2D eigenvalue weighted by Crippen LogP contribution is 2.14. The van der Waals surface area contributed by atoms with Crippen molar-refractivity contribution in [2.24, 2.45) is 5.14 Å². The molecule has 0 unspecified atom stereocenters. The molecule has 0 bridgehead atoms. The van der Waals surface area contributed by atoms with Crippen molar-refractivity contribution in [1.82, 2.24) is 20.1 Å². The molecule has 0 radical (unpaired) electrons. The molecule has 8 nitrogen and oxygen atoms in total. The quantitative estimate of drug-likeness (QED) is 0.670. The van der Waals surface area contributed by atoms with E-state index in [4.69, 9.17) is 16.7 Å². The lowest BCUT2D eigenvalue weighted by Gasteiger charge is -2.04. The number of amides is 1. The van der Waals surface area contributed by atoms with Crippen molar-refractivity contribution in [2.45, 2.75) is 18.4 Å². The predicted octanol–water partition coefficient (Wildman–Crippen LogP) is 1.81. The summed E-state index contributed by atoms with van der Waals surface area (Å²) >= 11 is 5.88. The van der Waals surface area contributed by atoms with Crippen LogP contribution in [0.2, 0.25) is 5.02 Å². The molecule has 1 aromatic heterocycles. The summed E-state index contributed by atoms with van der Waals surface area (Å²) in [6.07, 6.45) is 0. The molecule has 3 rings (SSSR count). The monoisotopic (exact) mass is 405 g/mol. The van der Waals surface area contributed by atoms with Gasteiger partial charge in [-0.15, -0.1) is 5.10 Å². The average molecular weight is 406 g/mol. The standard InChI is InChI=1S/C17H16ClN5O3S/c1-11-21-16(22-23(11)14-6-4-13(18)5-7-14)17(24)20-10-12-2-8-15(9-3-12)27(19,25)26/h2-9H,10H2,1H3,(H,20,24)(H2,19,25,26). The zero-order chi connectivity index (χ0) is 19.6. The number of carbonyl (C=O) groups is 1. The van der Waals surface area contributed by atoms with Gasteiger partial charge < -0.3 is 5.32 Å². The minimum atomic E-state index is -3.74. The highest BCUT2D eigenvalue weighted by Gasteiger charge is 2.15. The van der Waals surface area contributed by atoms with Crippen molar-refractivity contribution in [3.05, 3.63) is 70.8 Å². The Labute approximate surface area is 161 Å². The van der Waals surface area contributed by atoms with E-state index in [9.17, 15) is 13.2 Å². The topological polar surface area (TPSA) is 120 Å². The minimum Gasteiger partial charge on any atom is -0.345 e. The maximum absolute atomic E-state index is 12.3. The molecule has 27 heavy (non-hydrogen) atoms. The number of aromatic nitrogens is 3. The average Bonchev–Trinajstić information content (AvgIpc) is 3.02. The van der Waals surface area contributed by atoms with Crippen LogP contribution >= 0.6 is 11.6 Å². The second-order valence-corrected chi connectivity index (χ2v) is 7.74. The Kier molecular flexibility index (Phi) is 5.26. The number of nitrogens with one attached hydrogen (secondary N) is 1. The van der Waals surface area contributed by atoms with Gasteiger partial charge in [0.05, 0.1) is 10.6 Å². The molecule has 10 heteroatoms. The Bertz CT molecular complexity index is 1080. The first-order valence-corrected chi connectivity index (χ1v) is 9.76. The number of halogens is 1. The number of rotatable bonds is 5. The SMILES string of the molecule is Cc1nc(C(=O)NCc2ccc(S(N)(=O)=O)cc2)nn1-c1ccc(Cl)cc1. The summed E-state index contributed by atoms with van der Waals surface area (Å²) in [6, 6.07) is 12.9. The van der Waals surface area contributed by atoms with Gasteiger partial charge in [-0.05, 0) is 48.9 Å². The van der Waals surface area contributed by atoms with Crippen LogP contribution in [0.3, 0.4) is 0 Å². The highest BCUT2D eigenvalue weighted by atomic mass is 35.5. The van der Waals surface area contributed by atoms with E-state index in [1.807, 2.05) is 0 Å². The third-order valence-electron chi connectivity index (χ3n) is 3.75. The predicted molar refractivity (Wildman–Crippen MR) is 100 cm³/mol. The minimum absolute atomic E-state index is 0.0107. The molecule has 0 aliphatic heterocycles. The van der Waals surface area contributed by atoms with Crippen LogP contribution in [-0.2, 0) is 16.6 Å². The summed E-state index contributed by atoms with van der Waals surface area (Å²) in [5.41, 5.74) is 1.45. The maximum Gasteiger partial charge on any atom is 0.291 e. The molecule has 1 heterocycles. The first-order valence-electron chi connectivity index (χ1n) is 7.83. The van der Waals surface area contributed by atoms with Gasteiger partial charge in [0.15, 0.2) is 0 Å². The summed E-state index contributed by atoms with van der Waals surface area (Å²) < 4.78 is 24.0. The number of nitrogens with zero attached hydrogens (tertiary/aromatic N) is 3. The summed E-state index contributed by atoms with van der Waals surface area (Å²) in [6.45, 7) is 1.93. The second kappa shape index (κ2) is 7.47. The van der Waals surface area contributed by atoms with Crippen molar-refractivity contribution < 1.29 is 13.2 Å². The molecular formula is C17H16ClN5O3S. The van der Waals surface area contributed by atoms with Crippen LogP contribution in [0.15, 0.2) is 53.4 Å². The van der Waals surface area contributed by atoms with Gasteiger partial charge in [0, 0.05) is 11.6 Å². The fourth-order valence-electron chi connectivity index (χ4n) is 2.37. The molecule has 0 atom stereocenters. The van der Waals surface area contributed by atoms with Crippen molar-refractivity contribution in [2.75, 3.05) is 0 Å². The number of aryl methyl sites for hydroxylation is 1. The van der Waals surface area contributed by atoms with E-state index >= 15 is 0 Å². The molecule has 0 saturated heterocycles. The maximum atomic E-state index is 12.3. The largest absolute Gasteiger partial charge is 0.345 e. The van der Waals surface area contributed by atoms with Crippen LogP contribution in [0.25, 0.3) is 5.69 Å². The lowest BCUT2D eigenvalue weighted by Crippen LogP contribution is -2.24. The molecule has 0 spiro atoms. The number of carbonyl (C=O) groups excluding carboxylic acids is 1. The van der Waals surface area contributed by atoms with E-state index in [0.29, 0.717) is 16.4 Å². The molecular weight excluding hydrogens is 390 g/mol. The Morgan fingerprint density at radius 2 is 1.78 bits per heavy atom. The van der Waals surface area contributed by atoms with E-state index in [1.165, 1.54) is 12.1 Å². The Morgan fingerprint density at radius 3 is 2.37 bits per heavy atom. The molecule has 0 saturated carbocycles. The molecule has 1 amide bonds. The number of hydrogen-bond acceptors (Lipinski definition) is 5. The Morgan fingerprint density at radius 1 is 1.15 bits per heavy atom. The first-order chi connectivity index (χ1) is 12.7. The number of benzene rings is 2. The van der Waals surface area contributed by atoms with Crippen LogP contribution in [0.4, 0.5) is 0 Å². The van der Waals surface area contributed by atoms with Gasteiger partial charge in [-0.25, -0.2) is 23.2 Å². The molecule has 2 aromatic carbocycles. The van der Waals surface area contributed by atoms with Gasteiger partial charge in [0.2, 0.25) is 15.8 Å². The fourth-order valence-corrected chi connectivity index (χ4v) is 3.01. The van der Waals surface area contributed by atoms with E-state index in [-0.39, 0.29) is 17.3 Å². The van der Waals surface area contributed by atoms with Crippen molar-refractivity contribution in [3.8, 4) is 5.69 Å². The third-order valence-corrected chi connectivity index (χ3v) is 4.93. The van der Waals surface area contributed by atoms with Crippen molar-refractivity contribution in [3.63, 3.8) is 0 Å². The third kappa shape index (κ3) is 4.51. The lowest BCUT2D eigenvalue weighted by molar-refractivity contribution is 0.0940. The number of sulfonamides is 1. The van der Waals surface area contributed by atoms with E-state index in [2.05, 4.69) is 15.4 Å². The molecule has 0 aliphatic rings. The van der Waals surface area contributed by atoms with Gasteiger partial charge >= 0.3 is 0 Å². The molecule has 0 aliphatic carbocycles. The lowest BCUT2D eigenvalue weighted by atomic mass is 10.2. The van der Waals surface area contributed by atoms with Gasteiger partial charge in [0.1, 0.15) is 5.82 Å². The molecule has 3 N–H and O–H groups in total. The zero-order valence-corrected chi connectivity index (χ0v) is 15.8. The number of primary sulfonamides is 1. The fraction of sp³-hybridized carbons (Fsp3) is 0.118. The van der Waals surface area contributed by atoms with E-state index in [1.54, 1.807) is 48.0 Å². The first kappa shape index (κ1) is 19.0. The zero-order valence-electron chi connectivity index (χ0n) is 14.3. The van der Waals surface area contributed by atoms with Crippen LogP contribution in [-0.4, -0.2) is 29.1 Å². The van der Waals surface area contributed by atoms with Gasteiger partial charge in [-0.1, -0.05) is 23.7 Å². The summed E-state index contributed by atoms with van der Waals surface area (Å²) in [7, 11) is -3.74. The Hall–Kier alpha value is -2.75. The normalized spacial score (nSPS) is 11.4. The highest BCUT2D eigenvalue weighted by molar-refractivity contribution is 7.89. The van der Waals surface area contributed by atoms with Crippen LogP contribution < -0.4 is 10.5 Å². The van der Waals surface area contributed by atoms with E-state index < -0.39 is 15.9 Å². The molecule has 140 valence electrons. The molecule has 0 fully saturated rings. The van der Waals surface area contributed by atoms with Gasteiger partial charge in [-0.2, -0.15) is 0 Å². The van der Waals surface area contributed by atoms with Gasteiger partial charge in [0.25, 0.3) is 5.91 Å². The van der Waals surface area contributed by atoms with Crippen LogP contribution in [0.1, 0.15) is 22.0 Å². The van der Waals surface area contributed by atoms with Crippen LogP contribution in [0.5, 0.6) is 0 Å². The summed E-state index contributed by atoms with van der Waals surface area (Å²) in [5, 5.41) is 12.6. The van der Waals surface area contributed by atoms with E-state index in [0.717, 1.165) is 5.69 Å². The van der Waals surface area contributed by atoms with Crippen LogP contribution in [0, 0.1) is 6.92 Å².